The Hall–Kier alpha value is -2.07. The van der Waals surface area contributed by atoms with Crippen LogP contribution >= 0.6 is 11.6 Å². The van der Waals surface area contributed by atoms with E-state index in [0.29, 0.717) is 10.8 Å². The van der Waals surface area contributed by atoms with Crippen LogP contribution in [0.3, 0.4) is 0 Å². The van der Waals surface area contributed by atoms with E-state index in [0.717, 1.165) is 5.56 Å². The molecule has 0 saturated heterocycles. The van der Waals surface area contributed by atoms with E-state index in [1.54, 1.807) is 44.2 Å². The minimum Gasteiger partial charge on any atom is -0.481 e. The molecule has 2 aromatic carbocycles. The average molecular weight is 308 g/mol. The minimum absolute atomic E-state index is 0.136. The fraction of sp³-hybridized carbons (Fsp3) is 0.188. The van der Waals surface area contributed by atoms with Crippen molar-refractivity contribution in [2.45, 2.75) is 20.0 Å². The van der Waals surface area contributed by atoms with Gasteiger partial charge in [-0.1, -0.05) is 17.7 Å². The van der Waals surface area contributed by atoms with Gasteiger partial charge >= 0.3 is 0 Å². The molecule has 0 fully saturated rings. The Balaban J connectivity index is 2.00. The summed E-state index contributed by atoms with van der Waals surface area (Å²) in [7, 11) is 0. The first-order valence-electron chi connectivity index (χ1n) is 6.45. The summed E-state index contributed by atoms with van der Waals surface area (Å²) in [5.41, 5.74) is 0.924. The van der Waals surface area contributed by atoms with Gasteiger partial charge in [-0.05, 0) is 55.8 Å². The second kappa shape index (κ2) is 6.59. The van der Waals surface area contributed by atoms with Crippen LogP contribution in [0, 0.1) is 12.7 Å². The molecule has 0 aliphatic rings. The zero-order valence-electron chi connectivity index (χ0n) is 11.7. The molecule has 0 aromatic heterocycles. The zero-order chi connectivity index (χ0) is 15.4. The number of anilines is 1. The third kappa shape index (κ3) is 4.20. The lowest BCUT2D eigenvalue weighted by molar-refractivity contribution is -0.122. The van der Waals surface area contributed by atoms with Crippen LogP contribution in [0.15, 0.2) is 42.5 Å². The number of carbonyl (C=O) groups is 1. The fourth-order valence-electron chi connectivity index (χ4n) is 1.73. The molecule has 110 valence electrons. The van der Waals surface area contributed by atoms with E-state index in [9.17, 15) is 9.18 Å². The fourth-order valence-corrected chi connectivity index (χ4v) is 1.85. The van der Waals surface area contributed by atoms with Crippen molar-refractivity contribution in [1.82, 2.24) is 0 Å². The van der Waals surface area contributed by atoms with E-state index in [2.05, 4.69) is 5.32 Å². The Bertz CT molecular complexity index is 643. The van der Waals surface area contributed by atoms with E-state index >= 15 is 0 Å². The SMILES string of the molecule is Cc1ccc(NC(=O)C(C)Oc2ccc(Cl)cc2)c(F)c1. The van der Waals surface area contributed by atoms with Gasteiger partial charge in [-0.2, -0.15) is 0 Å². The summed E-state index contributed by atoms with van der Waals surface area (Å²) in [4.78, 5) is 12.0. The topological polar surface area (TPSA) is 38.3 Å². The van der Waals surface area contributed by atoms with Crippen molar-refractivity contribution in [3.63, 3.8) is 0 Å². The van der Waals surface area contributed by atoms with Crippen molar-refractivity contribution in [3.05, 3.63) is 58.9 Å². The van der Waals surface area contributed by atoms with Gasteiger partial charge in [0.25, 0.3) is 5.91 Å². The number of hydrogen-bond donors (Lipinski definition) is 1. The van der Waals surface area contributed by atoms with Gasteiger partial charge in [0.05, 0.1) is 5.69 Å². The Labute approximate surface area is 127 Å². The summed E-state index contributed by atoms with van der Waals surface area (Å²) in [6, 6.07) is 11.3. The molecule has 1 N–H and O–H groups in total. The number of rotatable bonds is 4. The van der Waals surface area contributed by atoms with E-state index in [1.807, 2.05) is 0 Å². The van der Waals surface area contributed by atoms with Gasteiger partial charge in [-0.15, -0.1) is 0 Å². The first-order chi connectivity index (χ1) is 9.95. The van der Waals surface area contributed by atoms with Crippen molar-refractivity contribution < 1.29 is 13.9 Å². The van der Waals surface area contributed by atoms with Crippen LogP contribution in [-0.2, 0) is 4.79 Å². The number of halogens is 2. The van der Waals surface area contributed by atoms with Gasteiger partial charge in [0.15, 0.2) is 6.10 Å². The van der Waals surface area contributed by atoms with Crippen molar-refractivity contribution in [1.29, 1.82) is 0 Å². The van der Waals surface area contributed by atoms with E-state index in [1.165, 1.54) is 12.1 Å². The molecule has 0 heterocycles. The molecule has 0 bridgehead atoms. The number of amides is 1. The summed E-state index contributed by atoms with van der Waals surface area (Å²) in [5.74, 6) is -0.374. The molecule has 0 radical (unpaired) electrons. The Morgan fingerprint density at radius 3 is 2.52 bits per heavy atom. The van der Waals surface area contributed by atoms with E-state index in [-0.39, 0.29) is 5.69 Å². The lowest BCUT2D eigenvalue weighted by atomic mass is 10.2. The summed E-state index contributed by atoms with van der Waals surface area (Å²) in [6.07, 6.45) is -0.758. The second-order valence-corrected chi connectivity index (χ2v) is 5.12. The minimum atomic E-state index is -0.758. The number of hydrogen-bond acceptors (Lipinski definition) is 2. The van der Waals surface area contributed by atoms with Crippen molar-refractivity contribution in [3.8, 4) is 5.75 Å². The summed E-state index contributed by atoms with van der Waals surface area (Å²) >= 11 is 5.77. The van der Waals surface area contributed by atoms with Crippen LogP contribution in [0.5, 0.6) is 5.75 Å². The molecule has 2 aromatic rings. The highest BCUT2D eigenvalue weighted by atomic mass is 35.5. The smallest absolute Gasteiger partial charge is 0.265 e. The third-order valence-corrected chi connectivity index (χ3v) is 3.13. The molecule has 1 unspecified atom stereocenters. The number of aryl methyl sites for hydroxylation is 1. The summed E-state index contributed by atoms with van der Waals surface area (Å²) in [6.45, 7) is 3.37. The Morgan fingerprint density at radius 1 is 1.24 bits per heavy atom. The van der Waals surface area contributed by atoms with Crippen LogP contribution in [-0.4, -0.2) is 12.0 Å². The average Bonchev–Trinajstić information content (AvgIpc) is 2.44. The number of benzene rings is 2. The molecule has 0 saturated carbocycles. The highest BCUT2D eigenvalue weighted by Crippen LogP contribution is 2.18. The molecule has 1 amide bonds. The lowest BCUT2D eigenvalue weighted by Crippen LogP contribution is -2.30. The first kappa shape index (κ1) is 15.3. The maximum atomic E-state index is 13.7. The first-order valence-corrected chi connectivity index (χ1v) is 6.83. The molecule has 0 spiro atoms. The molecule has 0 aliphatic carbocycles. The normalized spacial score (nSPS) is 11.8. The van der Waals surface area contributed by atoms with E-state index < -0.39 is 17.8 Å². The molecular formula is C16H15ClFNO2. The second-order valence-electron chi connectivity index (χ2n) is 4.69. The zero-order valence-corrected chi connectivity index (χ0v) is 12.4. The van der Waals surface area contributed by atoms with Gasteiger partial charge in [0.2, 0.25) is 0 Å². The van der Waals surface area contributed by atoms with Crippen molar-refractivity contribution >= 4 is 23.2 Å². The van der Waals surface area contributed by atoms with Crippen molar-refractivity contribution in [2.24, 2.45) is 0 Å². The van der Waals surface area contributed by atoms with Crippen molar-refractivity contribution in [2.75, 3.05) is 5.32 Å². The maximum Gasteiger partial charge on any atom is 0.265 e. The van der Waals surface area contributed by atoms with E-state index in [4.69, 9.17) is 16.3 Å². The Morgan fingerprint density at radius 2 is 1.90 bits per heavy atom. The quantitative estimate of drug-likeness (QED) is 0.919. The largest absolute Gasteiger partial charge is 0.481 e. The summed E-state index contributed by atoms with van der Waals surface area (Å²) in [5, 5.41) is 3.09. The van der Waals surface area contributed by atoms with Gasteiger partial charge in [0, 0.05) is 5.02 Å². The molecular weight excluding hydrogens is 293 g/mol. The monoisotopic (exact) mass is 307 g/mol. The predicted octanol–water partition coefficient (Wildman–Crippen LogP) is 4.19. The van der Waals surface area contributed by atoms with Crippen LogP contribution in [0.4, 0.5) is 10.1 Å². The van der Waals surface area contributed by atoms with Crippen LogP contribution < -0.4 is 10.1 Å². The standard InChI is InChI=1S/C16H15ClFNO2/c1-10-3-8-15(14(18)9-10)19-16(20)11(2)21-13-6-4-12(17)5-7-13/h3-9,11H,1-2H3,(H,19,20). The van der Waals surface area contributed by atoms with Gasteiger partial charge < -0.3 is 10.1 Å². The maximum absolute atomic E-state index is 13.7. The number of carbonyl (C=O) groups excluding carboxylic acids is 1. The number of nitrogens with one attached hydrogen (secondary N) is 1. The molecule has 1 atom stereocenters. The molecule has 21 heavy (non-hydrogen) atoms. The lowest BCUT2D eigenvalue weighted by Gasteiger charge is -2.15. The van der Waals surface area contributed by atoms with Gasteiger partial charge in [-0.25, -0.2) is 4.39 Å². The molecule has 5 heteroatoms. The van der Waals surface area contributed by atoms with Gasteiger partial charge in [0.1, 0.15) is 11.6 Å². The highest BCUT2D eigenvalue weighted by molar-refractivity contribution is 6.30. The highest BCUT2D eigenvalue weighted by Gasteiger charge is 2.16. The van der Waals surface area contributed by atoms with Crippen LogP contribution in [0.1, 0.15) is 12.5 Å². The van der Waals surface area contributed by atoms with Crippen LogP contribution in [0.25, 0.3) is 0 Å². The van der Waals surface area contributed by atoms with Crippen LogP contribution in [0.2, 0.25) is 5.02 Å². The Kier molecular flexibility index (Phi) is 4.81. The predicted molar refractivity (Wildman–Crippen MR) is 81.3 cm³/mol. The third-order valence-electron chi connectivity index (χ3n) is 2.88. The van der Waals surface area contributed by atoms with Gasteiger partial charge in [-0.3, -0.25) is 4.79 Å². The molecule has 3 nitrogen and oxygen atoms in total. The number of ether oxygens (including phenoxy) is 1. The molecule has 2 rings (SSSR count). The molecule has 0 aliphatic heterocycles. The summed E-state index contributed by atoms with van der Waals surface area (Å²) < 4.78 is 19.1.